The molecule has 0 radical (unpaired) electrons. The number of anilines is 1. The van der Waals surface area contributed by atoms with Crippen LogP contribution in [0.1, 0.15) is 21.5 Å². The summed E-state index contributed by atoms with van der Waals surface area (Å²) in [5.41, 5.74) is 9.69. The lowest BCUT2D eigenvalue weighted by Gasteiger charge is -2.14. The summed E-state index contributed by atoms with van der Waals surface area (Å²) in [6.07, 6.45) is 2.38. The minimum absolute atomic E-state index is 0.149. The first kappa shape index (κ1) is 23.7. The molecule has 9 heteroatoms. The molecule has 0 bridgehead atoms. The van der Waals surface area contributed by atoms with Crippen molar-refractivity contribution in [1.82, 2.24) is 14.9 Å². The summed E-state index contributed by atoms with van der Waals surface area (Å²) in [6, 6.07) is 21.8. The quantitative estimate of drug-likeness (QED) is 0.274. The number of aromatic nitrogens is 2. The Balaban J connectivity index is 1.34. The van der Waals surface area contributed by atoms with E-state index in [9.17, 15) is 9.59 Å². The third kappa shape index (κ3) is 4.84. The number of thiocarbonyl (C=S) groups is 1. The lowest BCUT2D eigenvalue weighted by molar-refractivity contribution is -0.122. The summed E-state index contributed by atoms with van der Waals surface area (Å²) in [6.45, 7) is 0.415. The number of fused-ring (bicyclic) bond motifs is 1. The van der Waals surface area contributed by atoms with Gasteiger partial charge in [-0.2, -0.15) is 0 Å². The Morgan fingerprint density at radius 2 is 1.83 bits per heavy atom. The number of hydrogen-bond acceptors (Lipinski definition) is 7. The summed E-state index contributed by atoms with van der Waals surface area (Å²) >= 11 is 6.72. The number of hydrogen-bond donors (Lipinski definition) is 2. The van der Waals surface area contributed by atoms with Gasteiger partial charge in [0.2, 0.25) is 0 Å². The van der Waals surface area contributed by atoms with Gasteiger partial charge < -0.3 is 10.8 Å². The molecule has 1 aliphatic heterocycles. The number of rotatable bonds is 6. The van der Waals surface area contributed by atoms with Gasteiger partial charge in [0.1, 0.15) is 10.1 Å². The molecular weight excluding hydrogens is 492 g/mol. The predicted octanol–water partition coefficient (Wildman–Crippen LogP) is 5.02. The number of nitrogen functional groups attached to an aromatic ring is 1. The SMILES string of the molecule is Nc1nc(-c2cccc(/C=C3\SC(=S)N(CCc4ccc(C(=O)O)cc4)C3=O)c2)nc2ccccc12. The maximum Gasteiger partial charge on any atom is 0.335 e. The number of aromatic carboxylic acids is 1. The molecule has 3 N–H and O–H groups in total. The smallest absolute Gasteiger partial charge is 0.335 e. The van der Waals surface area contributed by atoms with Gasteiger partial charge >= 0.3 is 5.97 Å². The third-order valence-electron chi connectivity index (χ3n) is 5.77. The topological polar surface area (TPSA) is 109 Å². The van der Waals surface area contributed by atoms with E-state index in [1.54, 1.807) is 29.2 Å². The molecule has 1 aliphatic rings. The molecular formula is C27H20N4O3S2. The number of benzene rings is 3. The molecule has 1 fully saturated rings. The highest BCUT2D eigenvalue weighted by Gasteiger charge is 2.31. The standard InChI is InChI=1S/C27H20N4O3S2/c28-23-20-6-1-2-7-21(20)29-24(30-23)19-5-3-4-17(14-19)15-22-25(32)31(27(35)36-22)13-12-16-8-10-18(11-9-16)26(33)34/h1-11,14-15H,12-13H2,(H,33,34)(H2,28,29,30)/b22-15-. The fourth-order valence-corrected chi connectivity index (χ4v) is 5.21. The molecule has 0 spiro atoms. The Morgan fingerprint density at radius 1 is 1.06 bits per heavy atom. The zero-order valence-corrected chi connectivity index (χ0v) is 20.6. The average Bonchev–Trinajstić information content (AvgIpc) is 3.14. The van der Waals surface area contributed by atoms with Gasteiger partial charge in [-0.25, -0.2) is 14.8 Å². The molecule has 0 saturated carbocycles. The van der Waals surface area contributed by atoms with Gasteiger partial charge in [0, 0.05) is 17.5 Å². The van der Waals surface area contributed by atoms with E-state index in [0.29, 0.717) is 33.8 Å². The number of para-hydroxylation sites is 1. The summed E-state index contributed by atoms with van der Waals surface area (Å²) < 4.78 is 0.496. The van der Waals surface area contributed by atoms with Crippen LogP contribution in [0.5, 0.6) is 0 Å². The van der Waals surface area contributed by atoms with Gasteiger partial charge in [0.05, 0.1) is 16.0 Å². The second kappa shape index (κ2) is 9.88. The minimum Gasteiger partial charge on any atom is -0.478 e. The van der Waals surface area contributed by atoms with Crippen LogP contribution in [0.4, 0.5) is 5.82 Å². The highest BCUT2D eigenvalue weighted by Crippen LogP contribution is 2.33. The first-order valence-electron chi connectivity index (χ1n) is 11.1. The van der Waals surface area contributed by atoms with Crippen LogP contribution in [-0.2, 0) is 11.2 Å². The van der Waals surface area contributed by atoms with E-state index in [1.807, 2.05) is 54.6 Å². The average molecular weight is 513 g/mol. The molecule has 1 saturated heterocycles. The number of thioether (sulfide) groups is 1. The van der Waals surface area contributed by atoms with Crippen molar-refractivity contribution in [3.8, 4) is 11.4 Å². The van der Waals surface area contributed by atoms with Crippen LogP contribution in [0, 0.1) is 0 Å². The zero-order valence-electron chi connectivity index (χ0n) is 18.9. The van der Waals surface area contributed by atoms with Gasteiger partial charge in [-0.3, -0.25) is 9.69 Å². The normalized spacial score (nSPS) is 14.7. The molecule has 4 aromatic rings. The van der Waals surface area contributed by atoms with E-state index in [-0.39, 0.29) is 11.5 Å². The number of nitrogens with zero attached hydrogens (tertiary/aromatic N) is 3. The molecule has 2 heterocycles. The second-order valence-corrected chi connectivity index (χ2v) is 9.84. The Morgan fingerprint density at radius 3 is 2.61 bits per heavy atom. The molecule has 0 unspecified atom stereocenters. The number of carboxylic acid groups (broad SMARTS) is 1. The Kier molecular flexibility index (Phi) is 6.49. The van der Waals surface area contributed by atoms with Crippen LogP contribution in [0.15, 0.2) is 77.7 Å². The van der Waals surface area contributed by atoms with Gasteiger partial charge in [0.15, 0.2) is 5.82 Å². The lowest BCUT2D eigenvalue weighted by Crippen LogP contribution is -2.30. The van der Waals surface area contributed by atoms with Crippen LogP contribution < -0.4 is 5.73 Å². The summed E-state index contributed by atoms with van der Waals surface area (Å²) in [5, 5.41) is 9.85. The predicted molar refractivity (Wildman–Crippen MR) is 146 cm³/mol. The lowest BCUT2D eigenvalue weighted by atomic mass is 10.1. The van der Waals surface area contributed by atoms with E-state index in [1.165, 1.54) is 11.8 Å². The van der Waals surface area contributed by atoms with Crippen molar-refractivity contribution in [3.05, 3.63) is 94.4 Å². The Bertz CT molecular complexity index is 1550. The summed E-state index contributed by atoms with van der Waals surface area (Å²) in [5.74, 6) is -0.186. The van der Waals surface area contributed by atoms with Crippen LogP contribution in [-0.4, -0.2) is 42.7 Å². The van der Waals surface area contributed by atoms with Gasteiger partial charge in [-0.05, 0) is 54.0 Å². The first-order valence-corrected chi connectivity index (χ1v) is 12.3. The van der Waals surface area contributed by atoms with Crippen molar-refractivity contribution in [2.45, 2.75) is 6.42 Å². The molecule has 5 rings (SSSR count). The fourth-order valence-electron chi connectivity index (χ4n) is 3.90. The summed E-state index contributed by atoms with van der Waals surface area (Å²) in [7, 11) is 0. The largest absolute Gasteiger partial charge is 0.478 e. The van der Waals surface area contributed by atoms with Gasteiger partial charge in [0.25, 0.3) is 5.91 Å². The van der Waals surface area contributed by atoms with Crippen molar-refractivity contribution < 1.29 is 14.7 Å². The number of nitrogens with two attached hydrogens (primary N) is 1. The molecule has 0 aliphatic carbocycles. The van der Waals surface area contributed by atoms with E-state index in [2.05, 4.69) is 9.97 Å². The highest BCUT2D eigenvalue weighted by molar-refractivity contribution is 8.26. The molecule has 3 aromatic carbocycles. The zero-order chi connectivity index (χ0) is 25.2. The maximum absolute atomic E-state index is 13.1. The minimum atomic E-state index is -0.969. The van der Waals surface area contributed by atoms with E-state index < -0.39 is 5.97 Å². The monoisotopic (exact) mass is 512 g/mol. The summed E-state index contributed by atoms with van der Waals surface area (Å²) in [4.78, 5) is 35.3. The number of carboxylic acids is 1. The molecule has 0 atom stereocenters. The molecule has 1 amide bonds. The number of carbonyl (C=O) groups is 2. The molecule has 7 nitrogen and oxygen atoms in total. The van der Waals surface area contributed by atoms with E-state index in [0.717, 1.165) is 27.6 Å². The number of carbonyl (C=O) groups excluding carboxylic acids is 1. The van der Waals surface area contributed by atoms with Crippen molar-refractivity contribution in [2.24, 2.45) is 0 Å². The first-order chi connectivity index (χ1) is 17.4. The van der Waals surface area contributed by atoms with Crippen molar-refractivity contribution in [2.75, 3.05) is 12.3 Å². The van der Waals surface area contributed by atoms with Crippen molar-refractivity contribution in [3.63, 3.8) is 0 Å². The highest BCUT2D eigenvalue weighted by atomic mass is 32.2. The molecule has 36 heavy (non-hydrogen) atoms. The van der Waals surface area contributed by atoms with Crippen molar-refractivity contribution >= 4 is 63.0 Å². The molecule has 1 aromatic heterocycles. The fraction of sp³-hybridized carbons (Fsp3) is 0.0741. The number of amides is 1. The van der Waals surface area contributed by atoms with Crippen LogP contribution in [0.25, 0.3) is 28.4 Å². The van der Waals surface area contributed by atoms with Crippen LogP contribution >= 0.6 is 24.0 Å². The Hall–Kier alpha value is -4.08. The van der Waals surface area contributed by atoms with Crippen molar-refractivity contribution in [1.29, 1.82) is 0 Å². The maximum atomic E-state index is 13.1. The third-order valence-corrected chi connectivity index (χ3v) is 7.15. The van der Waals surface area contributed by atoms with Crippen LogP contribution in [0.3, 0.4) is 0 Å². The van der Waals surface area contributed by atoms with E-state index >= 15 is 0 Å². The van der Waals surface area contributed by atoms with Gasteiger partial charge in [-0.15, -0.1) is 0 Å². The Labute approximate surface area is 216 Å². The second-order valence-electron chi connectivity index (χ2n) is 8.16. The van der Waals surface area contributed by atoms with Gasteiger partial charge in [-0.1, -0.05) is 66.4 Å². The van der Waals surface area contributed by atoms with E-state index in [4.69, 9.17) is 23.1 Å². The van der Waals surface area contributed by atoms with Crippen LogP contribution in [0.2, 0.25) is 0 Å². The molecule has 178 valence electrons.